The van der Waals surface area contributed by atoms with Crippen molar-refractivity contribution in [2.45, 2.75) is 25.8 Å². The van der Waals surface area contributed by atoms with Gasteiger partial charge in [0.2, 0.25) is 0 Å². The number of hydrogen-bond donors (Lipinski definition) is 2. The number of nitrogens with one attached hydrogen (secondary N) is 1. The van der Waals surface area contributed by atoms with E-state index in [1.54, 1.807) is 0 Å². The number of aliphatic hydroxyl groups excluding tert-OH is 1. The van der Waals surface area contributed by atoms with Crippen LogP contribution >= 0.6 is 0 Å². The molecule has 0 heterocycles. The summed E-state index contributed by atoms with van der Waals surface area (Å²) in [6.07, 6.45) is 2.14. The van der Waals surface area contributed by atoms with Crippen LogP contribution in [0.1, 0.15) is 36.9 Å². The second-order valence-corrected chi connectivity index (χ2v) is 5.64. The molecule has 0 aliphatic carbocycles. The fourth-order valence-corrected chi connectivity index (χ4v) is 2.51. The summed E-state index contributed by atoms with van der Waals surface area (Å²) in [5, 5.41) is 12.7. The van der Waals surface area contributed by atoms with Crippen LogP contribution in [0.3, 0.4) is 0 Å². The molecule has 21 heavy (non-hydrogen) atoms. The molecule has 0 saturated carbocycles. The molecule has 0 amide bonds. The van der Waals surface area contributed by atoms with E-state index in [4.69, 9.17) is 5.11 Å². The Morgan fingerprint density at radius 3 is 1.90 bits per heavy atom. The summed E-state index contributed by atoms with van der Waals surface area (Å²) in [6, 6.07) is 21.3. The third kappa shape index (κ3) is 5.00. The van der Waals surface area contributed by atoms with Crippen LogP contribution in [0, 0.1) is 5.92 Å². The molecule has 2 rings (SSSR count). The maximum atomic E-state index is 9.08. The Balaban J connectivity index is 2.00. The Labute approximate surface area is 127 Å². The van der Waals surface area contributed by atoms with Crippen molar-refractivity contribution in [2.24, 2.45) is 5.92 Å². The largest absolute Gasteiger partial charge is 0.396 e. The van der Waals surface area contributed by atoms with Gasteiger partial charge in [-0.1, -0.05) is 67.6 Å². The van der Waals surface area contributed by atoms with Gasteiger partial charge in [-0.15, -0.1) is 0 Å². The maximum absolute atomic E-state index is 9.08. The summed E-state index contributed by atoms with van der Waals surface area (Å²) >= 11 is 0. The maximum Gasteiger partial charge on any atom is 0.0576 e. The van der Waals surface area contributed by atoms with Gasteiger partial charge in [-0.3, -0.25) is 0 Å². The highest BCUT2D eigenvalue weighted by molar-refractivity contribution is 5.31. The highest BCUT2D eigenvalue weighted by Gasteiger charge is 2.12. The van der Waals surface area contributed by atoms with Crippen molar-refractivity contribution in [2.75, 3.05) is 13.2 Å². The van der Waals surface area contributed by atoms with Gasteiger partial charge in [0, 0.05) is 6.61 Å². The summed E-state index contributed by atoms with van der Waals surface area (Å²) in [5.74, 6) is 0.388. The zero-order chi connectivity index (χ0) is 14.9. The molecule has 2 nitrogen and oxygen atoms in total. The van der Waals surface area contributed by atoms with E-state index in [1.165, 1.54) is 11.1 Å². The van der Waals surface area contributed by atoms with Gasteiger partial charge >= 0.3 is 0 Å². The van der Waals surface area contributed by atoms with Crippen molar-refractivity contribution in [1.29, 1.82) is 0 Å². The minimum absolute atomic E-state index is 0.233. The molecule has 0 saturated heterocycles. The van der Waals surface area contributed by atoms with E-state index in [9.17, 15) is 0 Å². The fourth-order valence-electron chi connectivity index (χ4n) is 2.51. The zero-order valence-electron chi connectivity index (χ0n) is 12.7. The lowest BCUT2D eigenvalue weighted by molar-refractivity contribution is 0.228. The molecule has 0 fully saturated rings. The van der Waals surface area contributed by atoms with Gasteiger partial charge in [0.25, 0.3) is 0 Å². The highest BCUT2D eigenvalue weighted by atomic mass is 16.3. The second-order valence-electron chi connectivity index (χ2n) is 5.64. The first-order chi connectivity index (χ1) is 10.3. The molecule has 0 spiro atoms. The lowest BCUT2D eigenvalue weighted by atomic mass is 9.98. The van der Waals surface area contributed by atoms with Crippen LogP contribution < -0.4 is 5.32 Å². The van der Waals surface area contributed by atoms with Crippen LogP contribution in [0.4, 0.5) is 0 Å². The van der Waals surface area contributed by atoms with E-state index in [2.05, 4.69) is 72.9 Å². The van der Waals surface area contributed by atoms with Crippen LogP contribution in [0.2, 0.25) is 0 Å². The van der Waals surface area contributed by atoms with E-state index < -0.39 is 0 Å². The number of hydrogen-bond acceptors (Lipinski definition) is 2. The molecule has 0 aromatic heterocycles. The Hall–Kier alpha value is -1.64. The van der Waals surface area contributed by atoms with E-state index in [1.807, 2.05) is 0 Å². The van der Waals surface area contributed by atoms with Crippen molar-refractivity contribution in [3.63, 3.8) is 0 Å². The van der Waals surface area contributed by atoms with Crippen LogP contribution in [0.15, 0.2) is 60.7 Å². The second kappa shape index (κ2) is 8.60. The molecule has 2 aromatic rings. The Morgan fingerprint density at radius 1 is 0.905 bits per heavy atom. The van der Waals surface area contributed by atoms with E-state index in [0.717, 1.165) is 19.4 Å². The Kier molecular flexibility index (Phi) is 6.45. The molecular formula is C19H25NO. The van der Waals surface area contributed by atoms with Crippen molar-refractivity contribution >= 4 is 0 Å². The van der Waals surface area contributed by atoms with Gasteiger partial charge in [-0.2, -0.15) is 0 Å². The molecule has 112 valence electrons. The molecule has 2 aromatic carbocycles. The summed E-state index contributed by atoms with van der Waals surface area (Å²) in [5.41, 5.74) is 2.58. The predicted molar refractivity (Wildman–Crippen MR) is 88.2 cm³/mol. The first kappa shape index (κ1) is 15.7. The van der Waals surface area contributed by atoms with Crippen molar-refractivity contribution < 1.29 is 5.11 Å². The third-order valence-electron chi connectivity index (χ3n) is 3.80. The fraction of sp³-hybridized carbons (Fsp3) is 0.368. The van der Waals surface area contributed by atoms with Crippen molar-refractivity contribution in [1.82, 2.24) is 5.32 Å². The predicted octanol–water partition coefficient (Wildman–Crippen LogP) is 3.77. The minimum atomic E-state index is 0.233. The molecule has 1 atom stereocenters. The normalized spacial score (nSPS) is 12.5. The van der Waals surface area contributed by atoms with Crippen LogP contribution in [0.5, 0.6) is 0 Å². The zero-order valence-corrected chi connectivity index (χ0v) is 12.7. The molecule has 0 aliphatic heterocycles. The number of rotatable bonds is 8. The monoisotopic (exact) mass is 283 g/mol. The van der Waals surface area contributed by atoms with Crippen LogP contribution in [-0.4, -0.2) is 18.3 Å². The molecular weight excluding hydrogens is 258 g/mol. The SMILES string of the molecule is CC(CO)CCCNC(c1ccccc1)c1ccccc1. The summed E-state index contributed by atoms with van der Waals surface area (Å²) in [6.45, 7) is 3.32. The average molecular weight is 283 g/mol. The van der Waals surface area contributed by atoms with Gasteiger partial charge < -0.3 is 10.4 Å². The van der Waals surface area contributed by atoms with Gasteiger partial charge in [0.1, 0.15) is 0 Å². The van der Waals surface area contributed by atoms with Gasteiger partial charge in [0.05, 0.1) is 6.04 Å². The molecule has 0 radical (unpaired) electrons. The lowest BCUT2D eigenvalue weighted by Crippen LogP contribution is -2.24. The van der Waals surface area contributed by atoms with Crippen molar-refractivity contribution in [3.05, 3.63) is 71.8 Å². The highest BCUT2D eigenvalue weighted by Crippen LogP contribution is 2.21. The summed E-state index contributed by atoms with van der Waals surface area (Å²) in [4.78, 5) is 0. The van der Waals surface area contributed by atoms with E-state index in [0.29, 0.717) is 5.92 Å². The first-order valence-electron chi connectivity index (χ1n) is 7.75. The number of aliphatic hydroxyl groups is 1. The third-order valence-corrected chi connectivity index (χ3v) is 3.80. The smallest absolute Gasteiger partial charge is 0.0576 e. The topological polar surface area (TPSA) is 32.3 Å². The number of benzene rings is 2. The Bertz CT molecular complexity index is 458. The summed E-state index contributed by atoms with van der Waals surface area (Å²) in [7, 11) is 0. The molecule has 0 aliphatic rings. The van der Waals surface area contributed by atoms with E-state index >= 15 is 0 Å². The lowest BCUT2D eigenvalue weighted by Gasteiger charge is -2.20. The van der Waals surface area contributed by atoms with Crippen LogP contribution in [0.25, 0.3) is 0 Å². The molecule has 2 N–H and O–H groups in total. The van der Waals surface area contributed by atoms with Gasteiger partial charge in [-0.25, -0.2) is 0 Å². The average Bonchev–Trinajstić information content (AvgIpc) is 2.56. The van der Waals surface area contributed by atoms with Crippen LogP contribution in [-0.2, 0) is 0 Å². The minimum Gasteiger partial charge on any atom is -0.396 e. The molecule has 2 heteroatoms. The van der Waals surface area contributed by atoms with E-state index in [-0.39, 0.29) is 12.6 Å². The molecule has 0 bridgehead atoms. The van der Waals surface area contributed by atoms with Crippen molar-refractivity contribution in [3.8, 4) is 0 Å². The first-order valence-corrected chi connectivity index (χ1v) is 7.75. The Morgan fingerprint density at radius 2 is 1.43 bits per heavy atom. The quantitative estimate of drug-likeness (QED) is 0.723. The van der Waals surface area contributed by atoms with Gasteiger partial charge in [0.15, 0.2) is 0 Å². The summed E-state index contributed by atoms with van der Waals surface area (Å²) < 4.78 is 0. The standard InChI is InChI=1S/C19H25NO/c1-16(15-21)9-8-14-20-19(17-10-4-2-5-11-17)18-12-6-3-7-13-18/h2-7,10-13,16,19-21H,8-9,14-15H2,1H3. The molecule has 1 unspecified atom stereocenters. The van der Waals surface area contributed by atoms with Gasteiger partial charge in [-0.05, 0) is 36.4 Å².